The molecule has 0 aliphatic heterocycles. The number of carbonyl (C=O) groups is 1. The maximum Gasteiger partial charge on any atom is 0.266 e. The van der Waals surface area contributed by atoms with Gasteiger partial charge in [-0.1, -0.05) is 30.3 Å². The normalized spacial score (nSPS) is 15.7. The average molecular weight is 300 g/mol. The minimum Gasteiger partial charge on any atom is -0.331 e. The lowest BCUT2D eigenvalue weighted by Crippen LogP contribution is -2.39. The van der Waals surface area contributed by atoms with Gasteiger partial charge in [-0.05, 0) is 38.2 Å². The van der Waals surface area contributed by atoms with Crippen molar-refractivity contribution in [2.24, 2.45) is 5.92 Å². The lowest BCUT2D eigenvalue weighted by molar-refractivity contribution is 0.0658. The Labute approximate surface area is 129 Å². The molecule has 1 atom stereocenters. The molecule has 0 N–H and O–H groups in total. The monoisotopic (exact) mass is 300 g/mol. The van der Waals surface area contributed by atoms with E-state index in [2.05, 4.69) is 24.0 Å². The second kappa shape index (κ2) is 5.98. The molecule has 21 heavy (non-hydrogen) atoms. The summed E-state index contributed by atoms with van der Waals surface area (Å²) < 4.78 is 0. The van der Waals surface area contributed by atoms with Crippen LogP contribution in [-0.2, 0) is 6.54 Å². The van der Waals surface area contributed by atoms with Crippen LogP contribution in [0.4, 0.5) is 0 Å². The van der Waals surface area contributed by atoms with Gasteiger partial charge in [0, 0.05) is 12.6 Å². The summed E-state index contributed by atoms with van der Waals surface area (Å²) in [4.78, 5) is 19.9. The van der Waals surface area contributed by atoms with Crippen LogP contribution in [0.3, 0.4) is 0 Å². The zero-order chi connectivity index (χ0) is 14.8. The molecule has 1 unspecified atom stereocenters. The molecule has 4 heteroatoms. The predicted octanol–water partition coefficient (Wildman–Crippen LogP) is 3.89. The van der Waals surface area contributed by atoms with Crippen LogP contribution in [0, 0.1) is 12.8 Å². The molecule has 1 heterocycles. The van der Waals surface area contributed by atoms with Gasteiger partial charge in [0.2, 0.25) is 0 Å². The average Bonchev–Trinajstić information content (AvgIpc) is 3.26. The summed E-state index contributed by atoms with van der Waals surface area (Å²) in [6.45, 7) is 4.76. The first-order chi connectivity index (χ1) is 10.2. The van der Waals surface area contributed by atoms with Gasteiger partial charge >= 0.3 is 0 Å². The molecule has 0 radical (unpaired) electrons. The smallest absolute Gasteiger partial charge is 0.266 e. The van der Waals surface area contributed by atoms with Crippen LogP contribution < -0.4 is 0 Å². The highest BCUT2D eigenvalue weighted by molar-refractivity contribution is 7.11. The number of rotatable bonds is 5. The lowest BCUT2D eigenvalue weighted by Gasteiger charge is -2.29. The van der Waals surface area contributed by atoms with E-state index in [9.17, 15) is 4.79 Å². The molecule has 3 nitrogen and oxygen atoms in total. The third kappa shape index (κ3) is 3.16. The molecule has 2 aromatic rings. The summed E-state index contributed by atoms with van der Waals surface area (Å²) in [6, 6.07) is 10.5. The van der Waals surface area contributed by atoms with Crippen LogP contribution in [0.2, 0.25) is 0 Å². The van der Waals surface area contributed by atoms with Crippen molar-refractivity contribution in [2.45, 2.75) is 39.3 Å². The van der Waals surface area contributed by atoms with Gasteiger partial charge in [0.05, 0.1) is 11.2 Å². The van der Waals surface area contributed by atoms with Crippen molar-refractivity contribution in [1.82, 2.24) is 9.88 Å². The molecule has 110 valence electrons. The van der Waals surface area contributed by atoms with Crippen LogP contribution in [0.5, 0.6) is 0 Å². The first kappa shape index (κ1) is 14.3. The van der Waals surface area contributed by atoms with E-state index in [1.54, 1.807) is 5.51 Å². The van der Waals surface area contributed by atoms with Crippen LogP contribution >= 0.6 is 11.3 Å². The Kier molecular flexibility index (Phi) is 4.06. The Morgan fingerprint density at radius 1 is 1.38 bits per heavy atom. The van der Waals surface area contributed by atoms with Crippen LogP contribution in [0.25, 0.3) is 0 Å². The van der Waals surface area contributed by atoms with E-state index in [4.69, 9.17) is 0 Å². The van der Waals surface area contributed by atoms with Crippen molar-refractivity contribution < 1.29 is 4.79 Å². The van der Waals surface area contributed by atoms with E-state index in [1.807, 2.05) is 30.0 Å². The summed E-state index contributed by atoms with van der Waals surface area (Å²) in [5.74, 6) is 0.782. The predicted molar refractivity (Wildman–Crippen MR) is 85.4 cm³/mol. The minimum absolute atomic E-state index is 0.123. The van der Waals surface area contributed by atoms with Gasteiger partial charge in [0.15, 0.2) is 0 Å². The van der Waals surface area contributed by atoms with Gasteiger partial charge in [-0.2, -0.15) is 0 Å². The van der Waals surface area contributed by atoms with E-state index < -0.39 is 0 Å². The quantitative estimate of drug-likeness (QED) is 0.839. The number of aromatic nitrogens is 1. The van der Waals surface area contributed by atoms with Gasteiger partial charge in [-0.3, -0.25) is 4.79 Å². The Bertz CT molecular complexity index is 619. The van der Waals surface area contributed by atoms with E-state index in [0.717, 1.165) is 10.6 Å². The summed E-state index contributed by atoms with van der Waals surface area (Å²) in [5, 5.41) is 0. The number of benzene rings is 1. The number of thiazole rings is 1. The molecule has 1 amide bonds. The second-order valence-corrected chi connectivity index (χ2v) is 6.62. The Balaban J connectivity index is 1.85. The first-order valence-corrected chi connectivity index (χ1v) is 8.29. The fraction of sp³-hybridized carbons (Fsp3) is 0.412. The third-order valence-corrected chi connectivity index (χ3v) is 5.11. The molecular formula is C17H20N2OS. The highest BCUT2D eigenvalue weighted by Crippen LogP contribution is 2.36. The Morgan fingerprint density at radius 2 is 2.10 bits per heavy atom. The Morgan fingerprint density at radius 3 is 2.67 bits per heavy atom. The maximum atomic E-state index is 12.9. The third-order valence-electron chi connectivity index (χ3n) is 4.19. The second-order valence-electron chi connectivity index (χ2n) is 5.76. The van der Waals surface area contributed by atoms with E-state index >= 15 is 0 Å². The molecule has 3 rings (SSSR count). The largest absolute Gasteiger partial charge is 0.331 e. The van der Waals surface area contributed by atoms with Crippen molar-refractivity contribution in [3.63, 3.8) is 0 Å². The van der Waals surface area contributed by atoms with Crippen molar-refractivity contribution >= 4 is 17.2 Å². The molecule has 1 aromatic heterocycles. The van der Waals surface area contributed by atoms with Gasteiger partial charge < -0.3 is 4.90 Å². The number of hydrogen-bond donors (Lipinski definition) is 0. The highest BCUT2D eigenvalue weighted by atomic mass is 32.1. The van der Waals surface area contributed by atoms with E-state index in [0.29, 0.717) is 18.5 Å². The minimum atomic E-state index is 0.123. The number of aryl methyl sites for hydroxylation is 1. The molecule has 0 saturated heterocycles. The van der Waals surface area contributed by atoms with E-state index in [-0.39, 0.29) is 5.91 Å². The summed E-state index contributed by atoms with van der Waals surface area (Å²) in [5.41, 5.74) is 3.77. The summed E-state index contributed by atoms with van der Waals surface area (Å²) >= 11 is 1.44. The summed E-state index contributed by atoms with van der Waals surface area (Å²) in [6.07, 6.45) is 2.48. The van der Waals surface area contributed by atoms with Crippen LogP contribution in [0.15, 0.2) is 35.8 Å². The number of amides is 1. The molecule has 1 aliphatic carbocycles. The Hall–Kier alpha value is -1.68. The van der Waals surface area contributed by atoms with Crippen molar-refractivity contribution in [2.75, 3.05) is 0 Å². The number of hydrogen-bond acceptors (Lipinski definition) is 3. The number of nitrogens with zero attached hydrogens (tertiary/aromatic N) is 2. The molecule has 1 saturated carbocycles. The SMILES string of the molecule is Cc1ncsc1C(=O)N(Cc1ccccc1)C(C)C1CC1. The van der Waals surface area contributed by atoms with Gasteiger partial charge in [0.25, 0.3) is 5.91 Å². The zero-order valence-electron chi connectivity index (χ0n) is 12.5. The van der Waals surface area contributed by atoms with Crippen LogP contribution in [0.1, 0.15) is 40.7 Å². The topological polar surface area (TPSA) is 33.2 Å². The fourth-order valence-electron chi connectivity index (χ4n) is 2.65. The highest BCUT2D eigenvalue weighted by Gasteiger charge is 2.35. The molecular weight excluding hydrogens is 280 g/mol. The fourth-order valence-corrected chi connectivity index (χ4v) is 3.41. The van der Waals surface area contributed by atoms with E-state index in [1.165, 1.54) is 29.7 Å². The first-order valence-electron chi connectivity index (χ1n) is 7.42. The standard InChI is InChI=1S/C17H20N2OS/c1-12-16(21-11-18-12)17(20)19(13(2)15-8-9-15)10-14-6-4-3-5-7-14/h3-7,11,13,15H,8-10H2,1-2H3. The molecule has 0 bridgehead atoms. The maximum absolute atomic E-state index is 12.9. The van der Waals surface area contributed by atoms with Gasteiger partial charge in [0.1, 0.15) is 4.88 Å². The lowest BCUT2D eigenvalue weighted by atomic mass is 10.1. The molecule has 1 aliphatic rings. The number of carbonyl (C=O) groups excluding carboxylic acids is 1. The molecule has 1 fully saturated rings. The molecule has 1 aromatic carbocycles. The summed E-state index contributed by atoms with van der Waals surface area (Å²) in [7, 11) is 0. The molecule has 0 spiro atoms. The van der Waals surface area contributed by atoms with Crippen LogP contribution in [-0.4, -0.2) is 21.8 Å². The zero-order valence-corrected chi connectivity index (χ0v) is 13.3. The van der Waals surface area contributed by atoms with Crippen molar-refractivity contribution in [1.29, 1.82) is 0 Å². The van der Waals surface area contributed by atoms with Crippen molar-refractivity contribution in [3.8, 4) is 0 Å². The van der Waals surface area contributed by atoms with Gasteiger partial charge in [-0.25, -0.2) is 4.98 Å². The van der Waals surface area contributed by atoms with Gasteiger partial charge in [-0.15, -0.1) is 11.3 Å². The van der Waals surface area contributed by atoms with Crippen molar-refractivity contribution in [3.05, 3.63) is 52.0 Å².